The van der Waals surface area contributed by atoms with E-state index in [4.69, 9.17) is 0 Å². The van der Waals surface area contributed by atoms with E-state index in [0.717, 1.165) is 6.42 Å². The molecule has 0 saturated carbocycles. The van der Waals surface area contributed by atoms with Crippen LogP contribution in [0.1, 0.15) is 31.4 Å². The van der Waals surface area contributed by atoms with Crippen LogP contribution in [-0.2, 0) is 0 Å². The van der Waals surface area contributed by atoms with Crippen LogP contribution in [0.15, 0.2) is 40.9 Å². The topological polar surface area (TPSA) is 0 Å². The van der Waals surface area contributed by atoms with Gasteiger partial charge in [0.05, 0.1) is 0 Å². The Morgan fingerprint density at radius 1 is 1.20 bits per heavy atom. The van der Waals surface area contributed by atoms with E-state index in [0.29, 0.717) is 0 Å². The van der Waals surface area contributed by atoms with Gasteiger partial charge in [-0.25, -0.2) is 0 Å². The van der Waals surface area contributed by atoms with Gasteiger partial charge in [-0.1, -0.05) is 64.8 Å². The van der Waals surface area contributed by atoms with Gasteiger partial charge in [0.15, 0.2) is 0 Å². The SMILES string of the molecule is CC/C(Br)=C\C=C(/C)c1ccc(C)cc1. The summed E-state index contributed by atoms with van der Waals surface area (Å²) < 4.78 is 1.23. The van der Waals surface area contributed by atoms with Crippen LogP contribution in [-0.4, -0.2) is 0 Å². The highest BCUT2D eigenvalue weighted by Crippen LogP contribution is 2.16. The molecule has 80 valence electrons. The lowest BCUT2D eigenvalue weighted by molar-refractivity contribution is 1.21. The molecule has 0 bridgehead atoms. The van der Waals surface area contributed by atoms with Crippen molar-refractivity contribution in [2.45, 2.75) is 27.2 Å². The van der Waals surface area contributed by atoms with Gasteiger partial charge in [-0.15, -0.1) is 0 Å². The van der Waals surface area contributed by atoms with Crippen LogP contribution in [0.4, 0.5) is 0 Å². The average Bonchev–Trinajstić information content (AvgIpc) is 2.26. The summed E-state index contributed by atoms with van der Waals surface area (Å²) in [4.78, 5) is 0. The first kappa shape index (κ1) is 12.3. The van der Waals surface area contributed by atoms with Gasteiger partial charge in [-0.05, 0) is 35.9 Å². The van der Waals surface area contributed by atoms with Crippen molar-refractivity contribution in [2.75, 3.05) is 0 Å². The van der Waals surface area contributed by atoms with E-state index in [1.165, 1.54) is 21.2 Å². The molecule has 0 N–H and O–H groups in total. The molecule has 0 heterocycles. The second-order valence-corrected chi connectivity index (χ2v) is 4.70. The van der Waals surface area contributed by atoms with Gasteiger partial charge in [0, 0.05) is 0 Å². The van der Waals surface area contributed by atoms with Crippen LogP contribution < -0.4 is 0 Å². The van der Waals surface area contributed by atoms with Crippen LogP contribution in [0.5, 0.6) is 0 Å². The van der Waals surface area contributed by atoms with E-state index in [1.54, 1.807) is 0 Å². The average molecular weight is 265 g/mol. The first-order valence-electron chi connectivity index (χ1n) is 5.23. The fraction of sp³-hybridized carbons (Fsp3) is 0.286. The van der Waals surface area contributed by atoms with Gasteiger partial charge in [-0.2, -0.15) is 0 Å². The van der Waals surface area contributed by atoms with E-state index < -0.39 is 0 Å². The molecular formula is C14H17Br. The lowest BCUT2D eigenvalue weighted by Gasteiger charge is -2.01. The van der Waals surface area contributed by atoms with E-state index in [1.807, 2.05) is 0 Å². The second-order valence-electron chi connectivity index (χ2n) is 3.68. The van der Waals surface area contributed by atoms with Crippen LogP contribution in [0.3, 0.4) is 0 Å². The van der Waals surface area contributed by atoms with Crippen LogP contribution >= 0.6 is 15.9 Å². The molecule has 0 amide bonds. The van der Waals surface area contributed by atoms with Crippen LogP contribution in [0.2, 0.25) is 0 Å². The summed E-state index contributed by atoms with van der Waals surface area (Å²) in [5.74, 6) is 0. The number of hydrogen-bond acceptors (Lipinski definition) is 0. The summed E-state index contributed by atoms with van der Waals surface area (Å²) in [6, 6.07) is 8.61. The summed E-state index contributed by atoms with van der Waals surface area (Å²) in [7, 11) is 0. The summed E-state index contributed by atoms with van der Waals surface area (Å²) in [5.41, 5.74) is 3.88. The van der Waals surface area contributed by atoms with Gasteiger partial charge in [0.2, 0.25) is 0 Å². The molecule has 0 spiro atoms. The molecule has 0 unspecified atom stereocenters. The van der Waals surface area contributed by atoms with Gasteiger partial charge < -0.3 is 0 Å². The lowest BCUT2D eigenvalue weighted by atomic mass is 10.1. The predicted molar refractivity (Wildman–Crippen MR) is 72.1 cm³/mol. The number of hydrogen-bond donors (Lipinski definition) is 0. The quantitative estimate of drug-likeness (QED) is 0.668. The molecule has 0 aliphatic heterocycles. The molecular weight excluding hydrogens is 248 g/mol. The number of aryl methyl sites for hydroxylation is 1. The second kappa shape index (κ2) is 5.92. The maximum atomic E-state index is 3.51. The minimum atomic E-state index is 1.04. The molecule has 1 aromatic rings. The van der Waals surface area contributed by atoms with Crippen molar-refractivity contribution in [3.05, 3.63) is 52.0 Å². The number of allylic oxidation sites excluding steroid dienone is 4. The van der Waals surface area contributed by atoms with Crippen molar-refractivity contribution in [2.24, 2.45) is 0 Å². The van der Waals surface area contributed by atoms with Gasteiger partial charge in [0.1, 0.15) is 0 Å². The molecule has 0 atom stereocenters. The van der Waals surface area contributed by atoms with E-state index in [9.17, 15) is 0 Å². The van der Waals surface area contributed by atoms with Crippen molar-refractivity contribution in [1.29, 1.82) is 0 Å². The first-order chi connectivity index (χ1) is 7.13. The van der Waals surface area contributed by atoms with Crippen molar-refractivity contribution < 1.29 is 0 Å². The highest BCUT2D eigenvalue weighted by Gasteiger charge is 1.93. The van der Waals surface area contributed by atoms with Gasteiger partial charge >= 0.3 is 0 Å². The summed E-state index contributed by atoms with van der Waals surface area (Å²) in [6.07, 6.45) is 5.31. The Morgan fingerprint density at radius 3 is 2.33 bits per heavy atom. The van der Waals surface area contributed by atoms with Gasteiger partial charge in [0.25, 0.3) is 0 Å². The standard InChI is InChI=1S/C14H17Br/c1-4-14(15)10-7-12(3)13-8-5-11(2)6-9-13/h5-10H,4H2,1-3H3/b12-7+,14-10+. The normalized spacial score (nSPS) is 13.1. The Morgan fingerprint density at radius 2 is 1.80 bits per heavy atom. The zero-order chi connectivity index (χ0) is 11.3. The largest absolute Gasteiger partial charge is 0.0608 e. The fourth-order valence-corrected chi connectivity index (χ4v) is 1.38. The summed E-state index contributed by atoms with van der Waals surface area (Å²) in [6.45, 7) is 6.38. The highest BCUT2D eigenvalue weighted by atomic mass is 79.9. The smallest absolute Gasteiger partial charge is 0.00520 e. The third-order valence-electron chi connectivity index (χ3n) is 2.36. The Labute approximate surface area is 101 Å². The van der Waals surface area contributed by atoms with Gasteiger partial charge in [-0.3, -0.25) is 0 Å². The van der Waals surface area contributed by atoms with E-state index >= 15 is 0 Å². The monoisotopic (exact) mass is 264 g/mol. The van der Waals surface area contributed by atoms with Crippen molar-refractivity contribution >= 4 is 21.5 Å². The summed E-state index contributed by atoms with van der Waals surface area (Å²) in [5, 5.41) is 0. The Balaban J connectivity index is 2.85. The number of benzene rings is 1. The van der Waals surface area contributed by atoms with Crippen LogP contribution in [0.25, 0.3) is 5.57 Å². The third kappa shape index (κ3) is 4.05. The molecule has 1 heteroatoms. The molecule has 0 aliphatic rings. The minimum Gasteiger partial charge on any atom is -0.0608 e. The Kier molecular flexibility index (Phi) is 4.83. The predicted octanol–water partition coefficient (Wildman–Crippen LogP) is 5.09. The van der Waals surface area contributed by atoms with E-state index in [2.05, 4.69) is 73.1 Å². The molecule has 0 nitrogen and oxygen atoms in total. The fourth-order valence-electron chi connectivity index (χ4n) is 1.25. The van der Waals surface area contributed by atoms with Crippen molar-refractivity contribution in [1.82, 2.24) is 0 Å². The Hall–Kier alpha value is -0.820. The number of rotatable bonds is 3. The number of halogens is 1. The maximum Gasteiger partial charge on any atom is -0.00520 e. The highest BCUT2D eigenvalue weighted by molar-refractivity contribution is 9.11. The molecule has 1 rings (SSSR count). The summed E-state index contributed by atoms with van der Waals surface area (Å²) >= 11 is 3.51. The molecule has 0 aliphatic carbocycles. The molecule has 0 fully saturated rings. The Bertz CT molecular complexity index is 369. The first-order valence-corrected chi connectivity index (χ1v) is 6.02. The minimum absolute atomic E-state index is 1.04. The van der Waals surface area contributed by atoms with Crippen LogP contribution in [0, 0.1) is 6.92 Å². The zero-order valence-corrected chi connectivity index (χ0v) is 11.1. The molecule has 0 saturated heterocycles. The molecule has 15 heavy (non-hydrogen) atoms. The molecule has 0 aromatic heterocycles. The van der Waals surface area contributed by atoms with Crippen molar-refractivity contribution in [3.63, 3.8) is 0 Å². The zero-order valence-electron chi connectivity index (χ0n) is 9.55. The van der Waals surface area contributed by atoms with Crippen molar-refractivity contribution in [3.8, 4) is 0 Å². The third-order valence-corrected chi connectivity index (χ3v) is 3.18. The lowest BCUT2D eigenvalue weighted by Crippen LogP contribution is -1.79. The van der Waals surface area contributed by atoms with E-state index in [-0.39, 0.29) is 0 Å². The maximum absolute atomic E-state index is 3.51. The molecule has 0 radical (unpaired) electrons. The molecule has 1 aromatic carbocycles.